The number of fused-ring (bicyclic) bond motifs is 1. The summed E-state index contributed by atoms with van der Waals surface area (Å²) in [6, 6.07) is 16.6. The molecule has 3 atom stereocenters. The number of rotatable bonds is 6. The van der Waals surface area contributed by atoms with E-state index in [4.69, 9.17) is 0 Å². The minimum absolute atomic E-state index is 0.0990. The summed E-state index contributed by atoms with van der Waals surface area (Å²) < 4.78 is 2.21. The molecule has 6 heteroatoms. The number of aromatic amines is 1. The summed E-state index contributed by atoms with van der Waals surface area (Å²) in [6.45, 7) is 1.59. The Balaban J connectivity index is 1.24. The van der Waals surface area contributed by atoms with Crippen molar-refractivity contribution in [1.82, 2.24) is 25.1 Å². The van der Waals surface area contributed by atoms with E-state index in [2.05, 4.69) is 49.3 Å². The molecule has 0 aliphatic heterocycles. The lowest BCUT2D eigenvalue weighted by atomic mass is 10.1. The van der Waals surface area contributed by atoms with Crippen LogP contribution in [0.25, 0.3) is 22.3 Å². The summed E-state index contributed by atoms with van der Waals surface area (Å²) in [5, 5.41) is 22.5. The average Bonchev–Trinajstić information content (AvgIpc) is 3.47. The second-order valence-electron chi connectivity index (χ2n) is 7.91. The van der Waals surface area contributed by atoms with Crippen LogP contribution in [0.3, 0.4) is 0 Å². The maximum Gasteiger partial charge on any atom is 0.139 e. The van der Waals surface area contributed by atoms with Crippen LogP contribution >= 0.6 is 0 Å². The molecule has 1 fully saturated rings. The highest BCUT2D eigenvalue weighted by atomic mass is 16.3. The number of benzene rings is 2. The number of aliphatic hydroxyl groups is 1. The summed E-state index contributed by atoms with van der Waals surface area (Å²) in [6.07, 6.45) is 7.16. The van der Waals surface area contributed by atoms with Crippen LogP contribution in [-0.4, -0.2) is 37.0 Å². The Kier molecular flexibility index (Phi) is 4.87. The Morgan fingerprint density at radius 2 is 2.00 bits per heavy atom. The van der Waals surface area contributed by atoms with E-state index in [0.29, 0.717) is 12.5 Å². The first kappa shape index (κ1) is 18.1. The van der Waals surface area contributed by atoms with Gasteiger partial charge in [-0.05, 0) is 24.3 Å². The molecule has 0 amide bonds. The number of aliphatic hydroxyl groups excluding tert-OH is 1. The molecule has 0 bridgehead atoms. The van der Waals surface area contributed by atoms with Gasteiger partial charge in [-0.25, -0.2) is 4.98 Å². The van der Waals surface area contributed by atoms with Crippen molar-refractivity contribution < 1.29 is 5.11 Å². The second kappa shape index (κ2) is 7.81. The van der Waals surface area contributed by atoms with Gasteiger partial charge < -0.3 is 15.0 Å². The zero-order valence-corrected chi connectivity index (χ0v) is 16.2. The Hall–Kier alpha value is -2.96. The highest BCUT2D eigenvalue weighted by Gasteiger charge is 2.33. The summed E-state index contributed by atoms with van der Waals surface area (Å²) >= 11 is 0. The third-order valence-corrected chi connectivity index (χ3v) is 5.95. The van der Waals surface area contributed by atoms with Gasteiger partial charge in [-0.2, -0.15) is 5.10 Å². The second-order valence-corrected chi connectivity index (χ2v) is 7.91. The monoisotopic (exact) mass is 387 g/mol. The molecule has 1 unspecified atom stereocenters. The number of hydrogen-bond donors (Lipinski definition) is 3. The lowest BCUT2D eigenvalue weighted by Gasteiger charge is -2.17. The highest BCUT2D eigenvalue weighted by Crippen LogP contribution is 2.30. The van der Waals surface area contributed by atoms with Crippen LogP contribution in [0.2, 0.25) is 0 Å². The number of H-pyrrole nitrogens is 1. The van der Waals surface area contributed by atoms with Gasteiger partial charge in [0.15, 0.2) is 0 Å². The maximum absolute atomic E-state index is 10.6. The quantitative estimate of drug-likeness (QED) is 0.474. The average molecular weight is 387 g/mol. The van der Waals surface area contributed by atoms with E-state index in [9.17, 15) is 5.11 Å². The van der Waals surface area contributed by atoms with E-state index >= 15 is 0 Å². The molecule has 1 saturated carbocycles. The van der Waals surface area contributed by atoms with Crippen LogP contribution in [0.15, 0.2) is 67.1 Å². The molecule has 2 aromatic carbocycles. The summed E-state index contributed by atoms with van der Waals surface area (Å²) in [5.41, 5.74) is 3.37. The smallest absolute Gasteiger partial charge is 0.139 e. The minimum Gasteiger partial charge on any atom is -0.391 e. The molecular weight excluding hydrogens is 362 g/mol. The molecule has 0 radical (unpaired) electrons. The first-order valence-corrected chi connectivity index (χ1v) is 10.2. The predicted octanol–water partition coefficient (Wildman–Crippen LogP) is 3.36. The van der Waals surface area contributed by atoms with Crippen molar-refractivity contribution in [2.75, 3.05) is 0 Å². The largest absolute Gasteiger partial charge is 0.391 e. The fourth-order valence-electron chi connectivity index (χ4n) is 4.49. The van der Waals surface area contributed by atoms with Gasteiger partial charge >= 0.3 is 0 Å². The summed E-state index contributed by atoms with van der Waals surface area (Å²) in [4.78, 5) is 4.54. The number of nitrogens with zero attached hydrogens (tertiary/aromatic N) is 3. The fourth-order valence-corrected chi connectivity index (χ4v) is 4.49. The van der Waals surface area contributed by atoms with Gasteiger partial charge in [0.1, 0.15) is 5.82 Å². The molecule has 0 saturated heterocycles. The molecule has 29 heavy (non-hydrogen) atoms. The van der Waals surface area contributed by atoms with E-state index in [1.165, 1.54) is 5.56 Å². The van der Waals surface area contributed by atoms with E-state index in [1.54, 1.807) is 0 Å². The normalized spacial score (nSPS) is 21.8. The number of hydrogen-bond acceptors (Lipinski definition) is 4. The standard InChI is InChI=1S/C23H25N5O/c29-21-12-16(15-28-10-9-24-23(28)17-5-2-1-3-6-17)11-20(21)25-13-18-7-4-8-19-14-26-27-22(18)19/h1-10,14,16,20-21,25,29H,11-13,15H2,(H,26,27)/t16?,20-,21-/m1/s1. The van der Waals surface area contributed by atoms with Crippen LogP contribution in [0, 0.1) is 5.92 Å². The lowest BCUT2D eigenvalue weighted by molar-refractivity contribution is 0.145. The number of aromatic nitrogens is 4. The van der Waals surface area contributed by atoms with Crippen LogP contribution in [0.5, 0.6) is 0 Å². The molecule has 4 aromatic rings. The summed E-state index contributed by atoms with van der Waals surface area (Å²) in [7, 11) is 0. The van der Waals surface area contributed by atoms with Gasteiger partial charge in [-0.1, -0.05) is 48.5 Å². The first-order valence-electron chi connectivity index (χ1n) is 10.2. The molecule has 5 rings (SSSR count). The van der Waals surface area contributed by atoms with Gasteiger partial charge in [0.25, 0.3) is 0 Å². The van der Waals surface area contributed by atoms with Gasteiger partial charge in [-0.15, -0.1) is 0 Å². The highest BCUT2D eigenvalue weighted by molar-refractivity contribution is 5.81. The van der Waals surface area contributed by atoms with Crippen molar-refractivity contribution in [2.24, 2.45) is 5.92 Å². The molecule has 148 valence electrons. The minimum atomic E-state index is -0.329. The van der Waals surface area contributed by atoms with Crippen LogP contribution in [-0.2, 0) is 13.1 Å². The molecule has 1 aliphatic rings. The van der Waals surface area contributed by atoms with Crippen molar-refractivity contribution in [3.63, 3.8) is 0 Å². The van der Waals surface area contributed by atoms with Crippen molar-refractivity contribution in [2.45, 2.75) is 38.1 Å². The fraction of sp³-hybridized carbons (Fsp3) is 0.304. The van der Waals surface area contributed by atoms with E-state index in [0.717, 1.165) is 41.7 Å². The molecule has 1 aliphatic carbocycles. The summed E-state index contributed by atoms with van der Waals surface area (Å²) in [5.74, 6) is 1.41. The third kappa shape index (κ3) is 3.69. The first-order chi connectivity index (χ1) is 14.3. The van der Waals surface area contributed by atoms with Crippen molar-refractivity contribution in [3.8, 4) is 11.4 Å². The van der Waals surface area contributed by atoms with E-state index < -0.39 is 0 Å². The van der Waals surface area contributed by atoms with E-state index in [-0.39, 0.29) is 12.1 Å². The Morgan fingerprint density at radius 3 is 2.90 bits per heavy atom. The number of imidazole rings is 1. The van der Waals surface area contributed by atoms with Crippen molar-refractivity contribution in [3.05, 3.63) is 72.7 Å². The zero-order valence-electron chi connectivity index (χ0n) is 16.2. The molecule has 2 heterocycles. The Morgan fingerprint density at radius 1 is 1.10 bits per heavy atom. The van der Waals surface area contributed by atoms with Gasteiger partial charge in [0, 0.05) is 42.5 Å². The molecule has 6 nitrogen and oxygen atoms in total. The molecular formula is C23H25N5O. The molecule has 3 N–H and O–H groups in total. The Labute approximate surface area is 169 Å². The van der Waals surface area contributed by atoms with E-state index in [1.807, 2.05) is 42.9 Å². The van der Waals surface area contributed by atoms with Crippen LogP contribution < -0.4 is 5.32 Å². The van der Waals surface area contributed by atoms with Gasteiger partial charge in [0.2, 0.25) is 0 Å². The Bertz CT molecular complexity index is 1090. The third-order valence-electron chi connectivity index (χ3n) is 5.95. The number of para-hydroxylation sites is 1. The SMILES string of the molecule is O[C@@H]1CC(Cn2ccnc2-c2ccccc2)C[C@H]1NCc1cccc2cn[nH]c12. The predicted molar refractivity (Wildman–Crippen MR) is 113 cm³/mol. The van der Waals surface area contributed by atoms with Gasteiger partial charge in [0.05, 0.1) is 17.8 Å². The topological polar surface area (TPSA) is 78.8 Å². The number of nitrogens with one attached hydrogen (secondary N) is 2. The van der Waals surface area contributed by atoms with Gasteiger partial charge in [-0.3, -0.25) is 5.10 Å². The van der Waals surface area contributed by atoms with Crippen LogP contribution in [0.1, 0.15) is 18.4 Å². The molecule has 0 spiro atoms. The zero-order chi connectivity index (χ0) is 19.6. The van der Waals surface area contributed by atoms with Crippen molar-refractivity contribution >= 4 is 10.9 Å². The van der Waals surface area contributed by atoms with Crippen molar-refractivity contribution in [1.29, 1.82) is 0 Å². The lowest BCUT2D eigenvalue weighted by Crippen LogP contribution is -2.35. The van der Waals surface area contributed by atoms with Crippen LogP contribution in [0.4, 0.5) is 0 Å². The molecule has 2 aromatic heterocycles. The maximum atomic E-state index is 10.6.